The summed E-state index contributed by atoms with van der Waals surface area (Å²) in [6, 6.07) is 7.91. The van der Waals surface area contributed by atoms with Crippen molar-refractivity contribution in [2.75, 3.05) is 0 Å². The van der Waals surface area contributed by atoms with Crippen LogP contribution in [-0.4, -0.2) is 11.1 Å². The zero-order chi connectivity index (χ0) is 11.3. The average molecular weight is 206 g/mol. The fourth-order valence-corrected chi connectivity index (χ4v) is 1.74. The lowest BCUT2D eigenvalue weighted by Gasteiger charge is -2.10. The Balaban J connectivity index is 2.67. The Hall–Kier alpha value is -1.31. The predicted octanol–water partition coefficient (Wildman–Crippen LogP) is 3.22. The molecule has 0 aromatic heterocycles. The lowest BCUT2D eigenvalue weighted by atomic mass is 9.95. The van der Waals surface area contributed by atoms with E-state index < -0.39 is 5.97 Å². The average Bonchev–Trinajstić information content (AvgIpc) is 2.18. The summed E-state index contributed by atoms with van der Waals surface area (Å²) in [5.74, 6) is -0.210. The van der Waals surface area contributed by atoms with Gasteiger partial charge in [0.15, 0.2) is 0 Å². The maximum Gasteiger partial charge on any atom is 0.307 e. The first-order valence-corrected chi connectivity index (χ1v) is 5.44. The van der Waals surface area contributed by atoms with E-state index in [1.807, 2.05) is 24.3 Å². The molecule has 1 N–H and O–H groups in total. The molecule has 0 aliphatic carbocycles. The van der Waals surface area contributed by atoms with Crippen molar-refractivity contribution in [3.05, 3.63) is 35.4 Å². The molecule has 2 nitrogen and oxygen atoms in total. The van der Waals surface area contributed by atoms with E-state index in [0.29, 0.717) is 5.92 Å². The van der Waals surface area contributed by atoms with Gasteiger partial charge in [0.2, 0.25) is 0 Å². The van der Waals surface area contributed by atoms with E-state index in [9.17, 15) is 4.79 Å². The zero-order valence-electron chi connectivity index (χ0n) is 9.36. The fourth-order valence-electron chi connectivity index (χ4n) is 1.74. The van der Waals surface area contributed by atoms with Crippen molar-refractivity contribution in [3.8, 4) is 0 Å². The van der Waals surface area contributed by atoms with Gasteiger partial charge >= 0.3 is 5.97 Å². The van der Waals surface area contributed by atoms with Crippen LogP contribution in [0.3, 0.4) is 0 Å². The summed E-state index contributed by atoms with van der Waals surface area (Å²) < 4.78 is 0. The number of aliphatic carboxylic acids is 1. The van der Waals surface area contributed by atoms with Crippen LogP contribution in [0.4, 0.5) is 0 Å². The van der Waals surface area contributed by atoms with Crippen LogP contribution in [0.2, 0.25) is 0 Å². The molecule has 1 aromatic rings. The minimum atomic E-state index is -0.774. The van der Waals surface area contributed by atoms with Gasteiger partial charge in [0.25, 0.3) is 0 Å². The van der Waals surface area contributed by atoms with Crippen LogP contribution in [0.5, 0.6) is 0 Å². The first kappa shape index (κ1) is 11.8. The highest BCUT2D eigenvalue weighted by molar-refractivity contribution is 5.70. The molecule has 0 fully saturated rings. The third kappa shape index (κ3) is 3.74. The highest BCUT2D eigenvalue weighted by atomic mass is 16.4. The molecule has 0 aliphatic rings. The maximum absolute atomic E-state index is 10.5. The summed E-state index contributed by atoms with van der Waals surface area (Å²) >= 11 is 0. The van der Waals surface area contributed by atoms with Crippen molar-refractivity contribution < 1.29 is 9.90 Å². The number of benzene rings is 1. The highest BCUT2D eigenvalue weighted by Gasteiger charge is 2.05. The monoisotopic (exact) mass is 206 g/mol. The zero-order valence-corrected chi connectivity index (χ0v) is 9.36. The second kappa shape index (κ2) is 5.54. The van der Waals surface area contributed by atoms with E-state index in [4.69, 9.17) is 5.11 Å². The van der Waals surface area contributed by atoms with Gasteiger partial charge in [-0.3, -0.25) is 4.79 Å². The standard InChI is InChI=1S/C13H18O2/c1-3-4-10(2)12-7-5-11(6-8-12)9-13(14)15/h5-8,10H,3-4,9H2,1-2H3,(H,14,15)/t10-/m1/s1. The minimum Gasteiger partial charge on any atom is -0.481 e. The van der Waals surface area contributed by atoms with E-state index in [0.717, 1.165) is 5.56 Å². The van der Waals surface area contributed by atoms with Gasteiger partial charge in [0.05, 0.1) is 6.42 Å². The van der Waals surface area contributed by atoms with Gasteiger partial charge in [-0.1, -0.05) is 44.5 Å². The van der Waals surface area contributed by atoms with Crippen LogP contribution in [-0.2, 0) is 11.2 Å². The van der Waals surface area contributed by atoms with Crippen molar-refractivity contribution in [1.82, 2.24) is 0 Å². The summed E-state index contributed by atoms with van der Waals surface area (Å²) in [5, 5.41) is 8.63. The molecule has 15 heavy (non-hydrogen) atoms. The molecule has 0 saturated heterocycles. The van der Waals surface area contributed by atoms with E-state index in [1.54, 1.807) is 0 Å². The SMILES string of the molecule is CCC[C@@H](C)c1ccc(CC(=O)O)cc1. The van der Waals surface area contributed by atoms with Crippen LogP contribution in [0.15, 0.2) is 24.3 Å². The third-order valence-corrected chi connectivity index (χ3v) is 2.63. The van der Waals surface area contributed by atoms with Crippen LogP contribution in [0.1, 0.15) is 43.7 Å². The molecule has 82 valence electrons. The van der Waals surface area contributed by atoms with Crippen molar-refractivity contribution in [1.29, 1.82) is 0 Å². The lowest BCUT2D eigenvalue weighted by Crippen LogP contribution is -2.00. The van der Waals surface area contributed by atoms with Crippen LogP contribution >= 0.6 is 0 Å². The predicted molar refractivity (Wildman–Crippen MR) is 61.1 cm³/mol. The summed E-state index contributed by atoms with van der Waals surface area (Å²) in [4.78, 5) is 10.5. The largest absolute Gasteiger partial charge is 0.481 e. The van der Waals surface area contributed by atoms with E-state index in [1.165, 1.54) is 18.4 Å². The smallest absolute Gasteiger partial charge is 0.307 e. The van der Waals surface area contributed by atoms with Gasteiger partial charge in [0, 0.05) is 0 Å². The van der Waals surface area contributed by atoms with Crippen LogP contribution in [0, 0.1) is 0 Å². The molecular formula is C13H18O2. The van der Waals surface area contributed by atoms with E-state index in [2.05, 4.69) is 13.8 Å². The van der Waals surface area contributed by atoms with Gasteiger partial charge in [-0.25, -0.2) is 0 Å². The molecule has 0 saturated carbocycles. The number of carboxylic acids is 1. The third-order valence-electron chi connectivity index (χ3n) is 2.63. The van der Waals surface area contributed by atoms with Crippen molar-refractivity contribution in [2.24, 2.45) is 0 Å². The molecule has 0 unspecified atom stereocenters. The second-order valence-corrected chi connectivity index (χ2v) is 4.00. The minimum absolute atomic E-state index is 0.114. The Morgan fingerprint density at radius 2 is 1.93 bits per heavy atom. The molecule has 1 rings (SSSR count). The molecule has 1 atom stereocenters. The van der Waals surface area contributed by atoms with Crippen LogP contribution < -0.4 is 0 Å². The second-order valence-electron chi connectivity index (χ2n) is 4.00. The van der Waals surface area contributed by atoms with Gasteiger partial charge < -0.3 is 5.11 Å². The Morgan fingerprint density at radius 3 is 2.40 bits per heavy atom. The first-order chi connectivity index (χ1) is 7.13. The van der Waals surface area contributed by atoms with Crippen molar-refractivity contribution in [2.45, 2.75) is 39.0 Å². The topological polar surface area (TPSA) is 37.3 Å². The Labute approximate surface area is 90.9 Å². The molecule has 0 aliphatic heterocycles. The quantitative estimate of drug-likeness (QED) is 0.803. The van der Waals surface area contributed by atoms with E-state index >= 15 is 0 Å². The van der Waals surface area contributed by atoms with Gasteiger partial charge in [-0.15, -0.1) is 0 Å². The van der Waals surface area contributed by atoms with Gasteiger partial charge in [-0.05, 0) is 23.5 Å². The molecule has 0 amide bonds. The molecule has 2 heteroatoms. The molecule has 0 radical (unpaired) electrons. The molecule has 0 heterocycles. The normalized spacial score (nSPS) is 12.4. The molecule has 0 spiro atoms. The number of hydrogen-bond donors (Lipinski definition) is 1. The Morgan fingerprint density at radius 1 is 1.33 bits per heavy atom. The maximum atomic E-state index is 10.5. The van der Waals surface area contributed by atoms with Crippen molar-refractivity contribution >= 4 is 5.97 Å². The Bertz CT molecular complexity index is 314. The Kier molecular flexibility index (Phi) is 4.35. The van der Waals surface area contributed by atoms with Crippen LogP contribution in [0.25, 0.3) is 0 Å². The fraction of sp³-hybridized carbons (Fsp3) is 0.462. The lowest BCUT2D eigenvalue weighted by molar-refractivity contribution is -0.136. The van der Waals surface area contributed by atoms with Gasteiger partial charge in [0.1, 0.15) is 0 Å². The summed E-state index contributed by atoms with van der Waals surface area (Å²) in [6.07, 6.45) is 2.47. The summed E-state index contributed by atoms with van der Waals surface area (Å²) in [7, 11) is 0. The number of carbonyl (C=O) groups is 1. The molecule has 0 bridgehead atoms. The van der Waals surface area contributed by atoms with E-state index in [-0.39, 0.29) is 6.42 Å². The highest BCUT2D eigenvalue weighted by Crippen LogP contribution is 2.20. The first-order valence-electron chi connectivity index (χ1n) is 5.44. The summed E-state index contributed by atoms with van der Waals surface area (Å²) in [6.45, 7) is 4.38. The van der Waals surface area contributed by atoms with Crippen molar-refractivity contribution in [3.63, 3.8) is 0 Å². The number of rotatable bonds is 5. The summed E-state index contributed by atoms with van der Waals surface area (Å²) in [5.41, 5.74) is 2.17. The van der Waals surface area contributed by atoms with Gasteiger partial charge in [-0.2, -0.15) is 0 Å². The molecule has 1 aromatic carbocycles. The number of hydrogen-bond acceptors (Lipinski definition) is 1. The number of carboxylic acid groups (broad SMARTS) is 1. The molecular weight excluding hydrogens is 188 g/mol.